The van der Waals surface area contributed by atoms with Crippen molar-refractivity contribution in [2.24, 2.45) is 0 Å². The van der Waals surface area contributed by atoms with Crippen LogP contribution in [0.3, 0.4) is 0 Å². The van der Waals surface area contributed by atoms with E-state index in [4.69, 9.17) is 14.2 Å². The summed E-state index contributed by atoms with van der Waals surface area (Å²) in [5.41, 5.74) is -0.0711. The first kappa shape index (κ1) is 13.8. The van der Waals surface area contributed by atoms with E-state index in [9.17, 15) is 0 Å². The third-order valence-corrected chi connectivity index (χ3v) is 4.17. The van der Waals surface area contributed by atoms with Gasteiger partial charge in [0.1, 0.15) is 12.4 Å². The van der Waals surface area contributed by atoms with Crippen molar-refractivity contribution in [2.45, 2.75) is 18.4 Å². The molecule has 0 bridgehead atoms. The van der Waals surface area contributed by atoms with Crippen molar-refractivity contribution in [3.63, 3.8) is 0 Å². The monoisotopic (exact) mass is 314 g/mol. The maximum absolute atomic E-state index is 5.99. The van der Waals surface area contributed by atoms with Gasteiger partial charge in [-0.05, 0) is 12.1 Å². The van der Waals surface area contributed by atoms with E-state index in [0.717, 1.165) is 37.1 Å². The first-order valence-corrected chi connectivity index (χ1v) is 7.42. The number of hydrogen-bond acceptors (Lipinski definition) is 3. The predicted molar refractivity (Wildman–Crippen MR) is 74.5 cm³/mol. The van der Waals surface area contributed by atoms with Crippen LogP contribution in [0, 0.1) is 0 Å². The molecule has 1 saturated heterocycles. The van der Waals surface area contributed by atoms with Crippen molar-refractivity contribution in [1.82, 2.24) is 0 Å². The van der Waals surface area contributed by atoms with Crippen LogP contribution in [-0.2, 0) is 9.47 Å². The van der Waals surface area contributed by atoms with Crippen molar-refractivity contribution in [2.75, 3.05) is 31.8 Å². The van der Waals surface area contributed by atoms with Gasteiger partial charge < -0.3 is 14.2 Å². The van der Waals surface area contributed by atoms with E-state index in [1.165, 1.54) is 0 Å². The Morgan fingerprint density at radius 3 is 2.50 bits per heavy atom. The van der Waals surface area contributed by atoms with Gasteiger partial charge in [-0.2, -0.15) is 0 Å². The molecule has 1 aromatic carbocycles. The second-order valence-electron chi connectivity index (χ2n) is 4.44. The quantitative estimate of drug-likeness (QED) is 0.596. The molecule has 1 aromatic rings. The summed E-state index contributed by atoms with van der Waals surface area (Å²) in [6.07, 6.45) is 1.90. The highest BCUT2D eigenvalue weighted by Gasteiger charge is 2.32. The van der Waals surface area contributed by atoms with Gasteiger partial charge in [0.25, 0.3) is 0 Å². The van der Waals surface area contributed by atoms with Crippen LogP contribution in [0.25, 0.3) is 0 Å². The summed E-state index contributed by atoms with van der Waals surface area (Å²) in [4.78, 5) is 0. The molecular formula is C14H19BrO3. The number of alkyl halides is 1. The number of ether oxygens (including phenoxy) is 3. The van der Waals surface area contributed by atoms with Crippen molar-refractivity contribution < 1.29 is 14.2 Å². The molecule has 0 N–H and O–H groups in total. The molecule has 0 atom stereocenters. The zero-order valence-electron chi connectivity index (χ0n) is 10.4. The molecule has 1 aliphatic rings. The van der Waals surface area contributed by atoms with Gasteiger partial charge in [-0.15, -0.1) is 0 Å². The summed E-state index contributed by atoms with van der Waals surface area (Å²) in [6.45, 7) is 2.76. The van der Waals surface area contributed by atoms with Crippen molar-refractivity contribution in [3.8, 4) is 5.75 Å². The zero-order chi connectivity index (χ0) is 12.7. The molecule has 0 unspecified atom stereocenters. The van der Waals surface area contributed by atoms with Crippen molar-refractivity contribution in [3.05, 3.63) is 30.3 Å². The Morgan fingerprint density at radius 2 is 1.83 bits per heavy atom. The Labute approximate surface area is 117 Å². The van der Waals surface area contributed by atoms with Crippen LogP contribution < -0.4 is 4.74 Å². The van der Waals surface area contributed by atoms with E-state index >= 15 is 0 Å². The van der Waals surface area contributed by atoms with E-state index in [1.54, 1.807) is 0 Å². The third kappa shape index (κ3) is 3.97. The number of rotatable bonds is 6. The van der Waals surface area contributed by atoms with Gasteiger partial charge in [-0.3, -0.25) is 0 Å². The summed E-state index contributed by atoms with van der Waals surface area (Å²) in [5.74, 6) is 0.890. The van der Waals surface area contributed by atoms with Crippen molar-refractivity contribution >= 4 is 15.9 Å². The fourth-order valence-electron chi connectivity index (χ4n) is 1.99. The van der Waals surface area contributed by atoms with E-state index in [-0.39, 0.29) is 5.60 Å². The summed E-state index contributed by atoms with van der Waals surface area (Å²) in [7, 11) is 0. The van der Waals surface area contributed by atoms with Crippen LogP contribution in [0.15, 0.2) is 30.3 Å². The predicted octanol–water partition coefficient (Wildman–Crippen LogP) is 3.03. The molecule has 0 aliphatic carbocycles. The summed E-state index contributed by atoms with van der Waals surface area (Å²) in [5, 5.41) is 0.856. The van der Waals surface area contributed by atoms with Crippen LogP contribution in [0.4, 0.5) is 0 Å². The number of para-hydroxylation sites is 1. The van der Waals surface area contributed by atoms with E-state index in [0.29, 0.717) is 13.2 Å². The highest BCUT2D eigenvalue weighted by molar-refractivity contribution is 9.09. The Morgan fingerprint density at radius 1 is 1.11 bits per heavy atom. The second kappa shape index (κ2) is 7.12. The fourth-order valence-corrected chi connectivity index (χ4v) is 2.72. The average molecular weight is 315 g/mol. The maximum atomic E-state index is 5.99. The molecule has 0 amide bonds. The Hall–Kier alpha value is -0.580. The highest BCUT2D eigenvalue weighted by atomic mass is 79.9. The molecule has 18 heavy (non-hydrogen) atoms. The molecular weight excluding hydrogens is 296 g/mol. The van der Waals surface area contributed by atoms with E-state index < -0.39 is 0 Å². The van der Waals surface area contributed by atoms with Gasteiger partial charge in [-0.1, -0.05) is 34.1 Å². The van der Waals surface area contributed by atoms with Gasteiger partial charge in [0.05, 0.1) is 12.2 Å². The topological polar surface area (TPSA) is 27.7 Å². The van der Waals surface area contributed by atoms with Crippen LogP contribution >= 0.6 is 15.9 Å². The first-order valence-electron chi connectivity index (χ1n) is 6.30. The Bertz CT molecular complexity index is 336. The first-order chi connectivity index (χ1) is 8.85. The summed E-state index contributed by atoms with van der Waals surface area (Å²) in [6, 6.07) is 9.82. The number of benzene rings is 1. The minimum absolute atomic E-state index is 0.0711. The summed E-state index contributed by atoms with van der Waals surface area (Å²) < 4.78 is 17.0. The maximum Gasteiger partial charge on any atom is 0.119 e. The summed E-state index contributed by atoms with van der Waals surface area (Å²) >= 11 is 3.54. The average Bonchev–Trinajstić information content (AvgIpc) is 2.46. The SMILES string of the molecule is BrCC1(OCCOc2ccccc2)CCOCC1. The highest BCUT2D eigenvalue weighted by Crippen LogP contribution is 2.27. The van der Waals surface area contributed by atoms with Gasteiger partial charge in [0.15, 0.2) is 0 Å². The lowest BCUT2D eigenvalue weighted by Gasteiger charge is -2.35. The minimum atomic E-state index is -0.0711. The molecule has 1 aliphatic heterocycles. The van der Waals surface area contributed by atoms with Gasteiger partial charge >= 0.3 is 0 Å². The molecule has 2 rings (SSSR count). The smallest absolute Gasteiger partial charge is 0.119 e. The van der Waals surface area contributed by atoms with Crippen LogP contribution in [0.5, 0.6) is 5.75 Å². The van der Waals surface area contributed by atoms with Gasteiger partial charge in [0.2, 0.25) is 0 Å². The standard InChI is InChI=1S/C14H19BrO3/c15-12-14(6-8-16-9-7-14)18-11-10-17-13-4-2-1-3-5-13/h1-5H,6-12H2. The molecule has 1 fully saturated rings. The van der Waals surface area contributed by atoms with Gasteiger partial charge in [0, 0.05) is 31.4 Å². The Balaban J connectivity index is 1.71. The molecule has 100 valence electrons. The molecule has 0 spiro atoms. The van der Waals surface area contributed by atoms with E-state index in [1.807, 2.05) is 30.3 Å². The number of hydrogen-bond donors (Lipinski definition) is 0. The molecule has 0 aromatic heterocycles. The molecule has 0 radical (unpaired) electrons. The van der Waals surface area contributed by atoms with Crippen LogP contribution in [-0.4, -0.2) is 37.4 Å². The fraction of sp³-hybridized carbons (Fsp3) is 0.571. The molecule has 0 saturated carbocycles. The third-order valence-electron chi connectivity index (χ3n) is 3.15. The lowest BCUT2D eigenvalue weighted by molar-refractivity contribution is -0.100. The van der Waals surface area contributed by atoms with Crippen LogP contribution in [0.2, 0.25) is 0 Å². The molecule has 1 heterocycles. The lowest BCUT2D eigenvalue weighted by Crippen LogP contribution is -2.41. The number of halogens is 1. The second-order valence-corrected chi connectivity index (χ2v) is 5.00. The van der Waals surface area contributed by atoms with Gasteiger partial charge in [-0.25, -0.2) is 0 Å². The van der Waals surface area contributed by atoms with E-state index in [2.05, 4.69) is 15.9 Å². The Kier molecular flexibility index (Phi) is 5.47. The molecule has 3 nitrogen and oxygen atoms in total. The zero-order valence-corrected chi connectivity index (χ0v) is 12.0. The minimum Gasteiger partial charge on any atom is -0.491 e. The largest absolute Gasteiger partial charge is 0.491 e. The van der Waals surface area contributed by atoms with Crippen molar-refractivity contribution in [1.29, 1.82) is 0 Å². The molecule has 4 heteroatoms. The normalized spacial score (nSPS) is 18.5. The lowest BCUT2D eigenvalue weighted by atomic mass is 9.97. The van der Waals surface area contributed by atoms with Crippen LogP contribution in [0.1, 0.15) is 12.8 Å².